The van der Waals surface area contributed by atoms with Crippen LogP contribution < -0.4 is 4.72 Å². The van der Waals surface area contributed by atoms with E-state index in [1.165, 1.54) is 15.7 Å². The normalized spacial score (nSPS) is 12.0. The van der Waals surface area contributed by atoms with E-state index >= 15 is 0 Å². The first-order valence-electron chi connectivity index (χ1n) is 6.52. The Morgan fingerprint density at radius 3 is 2.96 bits per heavy atom. The Bertz CT molecular complexity index is 1130. The lowest BCUT2D eigenvalue weighted by atomic mass is 10.2. The Morgan fingerprint density at radius 2 is 2.09 bits per heavy atom. The predicted octanol–water partition coefficient (Wildman–Crippen LogP) is 3.40. The third-order valence-electron chi connectivity index (χ3n) is 3.33. The molecule has 4 rings (SSSR count). The highest BCUT2D eigenvalue weighted by Crippen LogP contribution is 2.28. The topological polar surface area (TPSA) is 76.4 Å². The van der Waals surface area contributed by atoms with Gasteiger partial charge in [-0.2, -0.15) is 8.42 Å². The second-order valence-corrected chi connectivity index (χ2v) is 7.64. The zero-order valence-electron chi connectivity index (χ0n) is 11.5. The molecule has 0 amide bonds. The first-order valence-corrected chi connectivity index (χ1v) is 9.26. The first-order chi connectivity index (χ1) is 11.0. The molecule has 0 radical (unpaired) electrons. The van der Waals surface area contributed by atoms with Crippen LogP contribution in [0.2, 0.25) is 5.15 Å². The third-order valence-corrected chi connectivity index (χ3v) is 5.86. The quantitative estimate of drug-likeness (QED) is 0.604. The van der Waals surface area contributed by atoms with Crippen molar-refractivity contribution in [2.75, 3.05) is 4.72 Å². The number of imidazole rings is 1. The van der Waals surface area contributed by atoms with Crippen LogP contribution >= 0.6 is 22.9 Å². The van der Waals surface area contributed by atoms with Crippen LogP contribution in [-0.2, 0) is 10.0 Å². The van der Waals surface area contributed by atoms with Crippen molar-refractivity contribution in [1.82, 2.24) is 14.4 Å². The fraction of sp³-hybridized carbons (Fsp3) is 0. The number of pyridine rings is 1. The van der Waals surface area contributed by atoms with Gasteiger partial charge in [-0.1, -0.05) is 17.7 Å². The number of benzene rings is 1. The number of thiazole rings is 1. The summed E-state index contributed by atoms with van der Waals surface area (Å²) in [7, 11) is -3.86. The van der Waals surface area contributed by atoms with Gasteiger partial charge < -0.3 is 0 Å². The molecule has 0 atom stereocenters. The van der Waals surface area contributed by atoms with Crippen molar-refractivity contribution >= 4 is 54.4 Å². The number of fused-ring (bicyclic) bond motifs is 2. The van der Waals surface area contributed by atoms with E-state index in [4.69, 9.17) is 11.6 Å². The number of nitrogens with zero attached hydrogens (tertiary/aromatic N) is 3. The second-order valence-electron chi connectivity index (χ2n) is 4.81. The van der Waals surface area contributed by atoms with Gasteiger partial charge in [0.25, 0.3) is 10.0 Å². The molecular formula is C14H9ClN4O2S2. The highest BCUT2D eigenvalue weighted by Gasteiger charge is 2.25. The molecule has 0 aliphatic carbocycles. The predicted molar refractivity (Wildman–Crippen MR) is 90.6 cm³/mol. The number of halogens is 1. The van der Waals surface area contributed by atoms with Crippen LogP contribution in [0.3, 0.4) is 0 Å². The molecule has 1 N–H and O–H groups in total. The van der Waals surface area contributed by atoms with Gasteiger partial charge in [-0.3, -0.25) is 14.1 Å². The number of aromatic nitrogens is 3. The summed E-state index contributed by atoms with van der Waals surface area (Å²) in [5.41, 5.74) is 0.449. The van der Waals surface area contributed by atoms with Crippen molar-refractivity contribution in [3.8, 4) is 0 Å². The molecule has 0 spiro atoms. The summed E-state index contributed by atoms with van der Waals surface area (Å²) >= 11 is 7.32. The maximum absolute atomic E-state index is 12.7. The molecule has 6 nitrogen and oxygen atoms in total. The molecule has 9 heteroatoms. The van der Waals surface area contributed by atoms with E-state index < -0.39 is 10.0 Å². The van der Waals surface area contributed by atoms with Crippen LogP contribution in [-0.4, -0.2) is 22.8 Å². The molecule has 23 heavy (non-hydrogen) atoms. The Balaban J connectivity index is 1.79. The molecule has 0 saturated heterocycles. The van der Waals surface area contributed by atoms with E-state index in [0.29, 0.717) is 10.6 Å². The van der Waals surface area contributed by atoms with E-state index in [-0.39, 0.29) is 10.2 Å². The third kappa shape index (κ3) is 2.44. The Hall–Kier alpha value is -2.16. The van der Waals surface area contributed by atoms with Crippen molar-refractivity contribution in [3.63, 3.8) is 0 Å². The summed E-state index contributed by atoms with van der Waals surface area (Å²) in [5.74, 6) is 0. The molecule has 3 aromatic heterocycles. The average Bonchev–Trinajstić information content (AvgIpc) is 3.06. The lowest BCUT2D eigenvalue weighted by molar-refractivity contribution is 0.597. The van der Waals surface area contributed by atoms with Crippen molar-refractivity contribution in [2.24, 2.45) is 0 Å². The molecule has 0 aliphatic rings. The number of hydrogen-bond acceptors (Lipinski definition) is 5. The van der Waals surface area contributed by atoms with Gasteiger partial charge in [0.1, 0.15) is 0 Å². The van der Waals surface area contributed by atoms with Gasteiger partial charge in [-0.15, -0.1) is 11.3 Å². The minimum absolute atomic E-state index is 0.0469. The monoisotopic (exact) mass is 364 g/mol. The summed E-state index contributed by atoms with van der Waals surface area (Å²) in [6.07, 6.45) is 5.00. The summed E-state index contributed by atoms with van der Waals surface area (Å²) < 4.78 is 29.3. The highest BCUT2D eigenvalue weighted by atomic mass is 35.5. The van der Waals surface area contributed by atoms with E-state index in [1.807, 2.05) is 6.07 Å². The van der Waals surface area contributed by atoms with Gasteiger partial charge in [0.2, 0.25) is 0 Å². The molecular weight excluding hydrogens is 356 g/mol. The van der Waals surface area contributed by atoms with Crippen LogP contribution in [0.5, 0.6) is 0 Å². The number of sulfonamides is 1. The standard InChI is InChI=1S/C14H9ClN4O2S2/c15-12-13(19-5-6-22-14(19)17-12)23(20,21)18-11-2-1-10-8-16-4-3-9(10)7-11/h1-8,18H. The van der Waals surface area contributed by atoms with E-state index in [1.54, 1.807) is 42.2 Å². The molecule has 1 aromatic carbocycles. The maximum atomic E-state index is 12.7. The fourth-order valence-electron chi connectivity index (χ4n) is 2.33. The zero-order valence-corrected chi connectivity index (χ0v) is 13.9. The highest BCUT2D eigenvalue weighted by molar-refractivity contribution is 7.92. The molecule has 0 aliphatic heterocycles. The molecule has 0 unspecified atom stereocenters. The Labute approximate surface area is 140 Å². The van der Waals surface area contributed by atoms with Crippen molar-refractivity contribution in [3.05, 3.63) is 53.4 Å². The maximum Gasteiger partial charge on any atom is 0.281 e. The Kier molecular flexibility index (Phi) is 3.26. The van der Waals surface area contributed by atoms with Gasteiger partial charge in [0.15, 0.2) is 15.1 Å². The van der Waals surface area contributed by atoms with Crippen LogP contribution in [0, 0.1) is 0 Å². The minimum Gasteiger partial charge on any atom is -0.278 e. The molecule has 0 saturated carbocycles. The number of rotatable bonds is 3. The Morgan fingerprint density at radius 1 is 1.22 bits per heavy atom. The summed E-state index contributed by atoms with van der Waals surface area (Å²) in [5, 5.41) is 3.46. The van der Waals surface area contributed by atoms with Gasteiger partial charge in [0, 0.05) is 35.0 Å². The number of anilines is 1. The van der Waals surface area contributed by atoms with Gasteiger partial charge in [0.05, 0.1) is 0 Å². The number of hydrogen-bond donors (Lipinski definition) is 1. The molecule has 4 aromatic rings. The summed E-state index contributed by atoms with van der Waals surface area (Å²) in [6.45, 7) is 0. The zero-order chi connectivity index (χ0) is 16.0. The van der Waals surface area contributed by atoms with Crippen LogP contribution in [0.1, 0.15) is 0 Å². The smallest absolute Gasteiger partial charge is 0.278 e. The van der Waals surface area contributed by atoms with E-state index in [0.717, 1.165) is 10.8 Å². The first kappa shape index (κ1) is 14.4. The molecule has 0 fully saturated rings. The van der Waals surface area contributed by atoms with Gasteiger partial charge in [-0.25, -0.2) is 4.98 Å². The van der Waals surface area contributed by atoms with Gasteiger partial charge >= 0.3 is 0 Å². The van der Waals surface area contributed by atoms with E-state index in [9.17, 15) is 8.42 Å². The summed E-state index contributed by atoms with van der Waals surface area (Å²) in [6, 6.07) is 7.05. The largest absolute Gasteiger partial charge is 0.281 e. The van der Waals surface area contributed by atoms with Crippen LogP contribution in [0.15, 0.2) is 53.3 Å². The second kappa shape index (κ2) is 5.19. The molecule has 3 heterocycles. The molecule has 0 bridgehead atoms. The lowest BCUT2D eigenvalue weighted by Gasteiger charge is -2.08. The lowest BCUT2D eigenvalue weighted by Crippen LogP contribution is -2.15. The van der Waals surface area contributed by atoms with Crippen LogP contribution in [0.4, 0.5) is 5.69 Å². The number of nitrogens with one attached hydrogen (secondary N) is 1. The summed E-state index contributed by atoms with van der Waals surface area (Å²) in [4.78, 5) is 8.61. The van der Waals surface area contributed by atoms with Crippen molar-refractivity contribution in [1.29, 1.82) is 0 Å². The van der Waals surface area contributed by atoms with Crippen molar-refractivity contribution < 1.29 is 8.42 Å². The molecule has 116 valence electrons. The van der Waals surface area contributed by atoms with E-state index in [2.05, 4.69) is 14.7 Å². The van der Waals surface area contributed by atoms with Crippen LogP contribution in [0.25, 0.3) is 15.7 Å². The van der Waals surface area contributed by atoms with Gasteiger partial charge in [-0.05, 0) is 23.6 Å². The minimum atomic E-state index is -3.86. The van der Waals surface area contributed by atoms with Crippen molar-refractivity contribution in [2.45, 2.75) is 5.03 Å². The average molecular weight is 365 g/mol. The fourth-order valence-corrected chi connectivity index (χ4v) is 4.83. The SMILES string of the molecule is O=S(=O)(Nc1ccc2cnccc2c1)c1c(Cl)nc2sccn12.